The van der Waals surface area contributed by atoms with Gasteiger partial charge in [-0.3, -0.25) is 4.79 Å². The number of unbranched alkanes of at least 4 members (excludes halogenated alkanes) is 1. The number of rotatable bonds is 9. The molecule has 0 aromatic heterocycles. The Morgan fingerprint density at radius 1 is 1.04 bits per heavy atom. The molecule has 1 N–H and O–H groups in total. The van der Waals surface area contributed by atoms with E-state index in [0.29, 0.717) is 31.9 Å². The van der Waals surface area contributed by atoms with Crippen LogP contribution >= 0.6 is 0 Å². The van der Waals surface area contributed by atoms with Gasteiger partial charge in [0.1, 0.15) is 18.0 Å². The van der Waals surface area contributed by atoms with Gasteiger partial charge in [-0.1, -0.05) is 43.7 Å². The number of anilines is 1. The van der Waals surface area contributed by atoms with Crippen molar-refractivity contribution in [2.45, 2.75) is 39.3 Å². The molecule has 1 heterocycles. The zero-order valence-corrected chi connectivity index (χ0v) is 17.0. The SMILES string of the molecule is CCCCN1C(=O)c2ccccc2NC1(C)c1ccccc1OCCOCC. The van der Waals surface area contributed by atoms with Crippen LogP contribution in [0.2, 0.25) is 0 Å². The van der Waals surface area contributed by atoms with Crippen LogP contribution in [-0.2, 0) is 10.4 Å². The van der Waals surface area contributed by atoms with Crippen molar-refractivity contribution in [3.63, 3.8) is 0 Å². The second-order valence-corrected chi connectivity index (χ2v) is 7.09. The maximum atomic E-state index is 13.3. The predicted octanol–water partition coefficient (Wildman–Crippen LogP) is 4.64. The van der Waals surface area contributed by atoms with E-state index in [0.717, 1.165) is 29.8 Å². The quantitative estimate of drug-likeness (QED) is 0.642. The fourth-order valence-corrected chi connectivity index (χ4v) is 3.66. The summed E-state index contributed by atoms with van der Waals surface area (Å²) in [6, 6.07) is 15.6. The zero-order chi connectivity index (χ0) is 20.0. The van der Waals surface area contributed by atoms with Gasteiger partial charge in [-0.05, 0) is 38.5 Å². The lowest BCUT2D eigenvalue weighted by molar-refractivity contribution is 0.0520. The smallest absolute Gasteiger partial charge is 0.258 e. The molecule has 1 aliphatic heterocycles. The number of carbonyl (C=O) groups excluding carboxylic acids is 1. The van der Waals surface area contributed by atoms with E-state index in [9.17, 15) is 4.79 Å². The molecule has 0 aliphatic carbocycles. The summed E-state index contributed by atoms with van der Waals surface area (Å²) < 4.78 is 11.4. The first-order chi connectivity index (χ1) is 13.6. The van der Waals surface area contributed by atoms with Crippen molar-refractivity contribution in [1.29, 1.82) is 0 Å². The molecule has 0 radical (unpaired) electrons. The molecule has 0 bridgehead atoms. The number of benzene rings is 2. The van der Waals surface area contributed by atoms with E-state index in [4.69, 9.17) is 9.47 Å². The molecule has 1 atom stereocenters. The zero-order valence-electron chi connectivity index (χ0n) is 17.0. The average molecular weight is 383 g/mol. The lowest BCUT2D eigenvalue weighted by Crippen LogP contribution is -2.56. The van der Waals surface area contributed by atoms with Crippen LogP contribution in [-0.4, -0.2) is 37.2 Å². The Balaban J connectivity index is 1.99. The van der Waals surface area contributed by atoms with Gasteiger partial charge in [0.05, 0.1) is 12.2 Å². The lowest BCUT2D eigenvalue weighted by Gasteiger charge is -2.47. The van der Waals surface area contributed by atoms with Crippen LogP contribution in [0.3, 0.4) is 0 Å². The average Bonchev–Trinajstić information content (AvgIpc) is 2.71. The highest BCUT2D eigenvalue weighted by molar-refractivity contribution is 6.02. The molecule has 2 aromatic carbocycles. The first-order valence-corrected chi connectivity index (χ1v) is 10.1. The number of nitrogens with zero attached hydrogens (tertiary/aromatic N) is 1. The summed E-state index contributed by atoms with van der Waals surface area (Å²) in [5.74, 6) is 0.820. The third kappa shape index (κ3) is 3.99. The molecule has 0 saturated carbocycles. The number of carbonyl (C=O) groups is 1. The summed E-state index contributed by atoms with van der Waals surface area (Å²) in [6.45, 7) is 8.52. The third-order valence-corrected chi connectivity index (χ3v) is 5.16. The summed E-state index contributed by atoms with van der Waals surface area (Å²) in [6.07, 6.45) is 1.96. The second-order valence-electron chi connectivity index (χ2n) is 7.09. The minimum absolute atomic E-state index is 0.0504. The highest BCUT2D eigenvalue weighted by atomic mass is 16.5. The fourth-order valence-electron chi connectivity index (χ4n) is 3.66. The van der Waals surface area contributed by atoms with Crippen LogP contribution in [0, 0.1) is 0 Å². The Morgan fingerprint density at radius 2 is 1.79 bits per heavy atom. The van der Waals surface area contributed by atoms with Crippen LogP contribution in [0.4, 0.5) is 5.69 Å². The molecule has 0 saturated heterocycles. The Hall–Kier alpha value is -2.53. The number of nitrogens with one attached hydrogen (secondary N) is 1. The van der Waals surface area contributed by atoms with Crippen LogP contribution in [0.5, 0.6) is 5.75 Å². The molecule has 0 fully saturated rings. The normalized spacial score (nSPS) is 18.5. The largest absolute Gasteiger partial charge is 0.491 e. The van der Waals surface area contributed by atoms with Crippen molar-refractivity contribution in [3.05, 3.63) is 59.7 Å². The molecule has 1 amide bonds. The molecule has 0 spiro atoms. The summed E-state index contributed by atoms with van der Waals surface area (Å²) in [5, 5.41) is 3.61. The van der Waals surface area contributed by atoms with Crippen molar-refractivity contribution in [2.24, 2.45) is 0 Å². The Kier molecular flexibility index (Phi) is 6.57. The molecular weight excluding hydrogens is 352 g/mol. The summed E-state index contributed by atoms with van der Waals surface area (Å²) in [4.78, 5) is 15.3. The van der Waals surface area contributed by atoms with Gasteiger partial charge in [-0.25, -0.2) is 0 Å². The summed E-state index contributed by atoms with van der Waals surface area (Å²) >= 11 is 0. The van der Waals surface area contributed by atoms with Crippen molar-refractivity contribution in [3.8, 4) is 5.75 Å². The van der Waals surface area contributed by atoms with E-state index >= 15 is 0 Å². The van der Waals surface area contributed by atoms with E-state index in [1.807, 2.05) is 60.4 Å². The molecule has 5 nitrogen and oxygen atoms in total. The maximum Gasteiger partial charge on any atom is 0.258 e. The predicted molar refractivity (Wildman–Crippen MR) is 112 cm³/mol. The van der Waals surface area contributed by atoms with Crippen LogP contribution in [0.1, 0.15) is 49.5 Å². The Bertz CT molecular complexity index is 808. The first kappa shape index (κ1) is 20.2. The molecule has 1 aliphatic rings. The minimum atomic E-state index is -0.692. The van der Waals surface area contributed by atoms with Gasteiger partial charge in [0.2, 0.25) is 0 Å². The van der Waals surface area contributed by atoms with Gasteiger partial charge in [0, 0.05) is 24.4 Å². The van der Waals surface area contributed by atoms with Crippen molar-refractivity contribution in [1.82, 2.24) is 4.90 Å². The topological polar surface area (TPSA) is 50.8 Å². The molecule has 5 heteroatoms. The summed E-state index contributed by atoms with van der Waals surface area (Å²) in [7, 11) is 0. The first-order valence-electron chi connectivity index (χ1n) is 10.1. The van der Waals surface area contributed by atoms with Crippen LogP contribution < -0.4 is 10.1 Å². The Labute approximate surface area is 167 Å². The molecule has 2 aromatic rings. The molecule has 150 valence electrons. The third-order valence-electron chi connectivity index (χ3n) is 5.16. The molecular formula is C23H30N2O3. The maximum absolute atomic E-state index is 13.3. The van der Waals surface area contributed by atoms with Crippen molar-refractivity contribution >= 4 is 11.6 Å². The number of para-hydroxylation sites is 2. The van der Waals surface area contributed by atoms with Crippen LogP contribution in [0.15, 0.2) is 48.5 Å². The highest BCUT2D eigenvalue weighted by Crippen LogP contribution is 2.41. The number of hydrogen-bond donors (Lipinski definition) is 1. The van der Waals surface area contributed by atoms with E-state index in [1.54, 1.807) is 0 Å². The number of ether oxygens (including phenoxy) is 2. The van der Waals surface area contributed by atoms with Gasteiger partial charge in [0.15, 0.2) is 0 Å². The molecule has 28 heavy (non-hydrogen) atoms. The number of hydrogen-bond acceptors (Lipinski definition) is 4. The standard InChI is InChI=1S/C23H30N2O3/c1-4-6-15-25-22(26)18-11-7-9-13-20(18)24-23(25,3)19-12-8-10-14-21(19)28-17-16-27-5-2/h7-14,24H,4-6,15-17H2,1-3H3. The lowest BCUT2D eigenvalue weighted by atomic mass is 9.92. The van der Waals surface area contributed by atoms with Gasteiger partial charge in [-0.15, -0.1) is 0 Å². The highest BCUT2D eigenvalue weighted by Gasteiger charge is 2.43. The second kappa shape index (κ2) is 9.11. The fraction of sp³-hybridized carbons (Fsp3) is 0.435. The van der Waals surface area contributed by atoms with Crippen molar-refractivity contribution in [2.75, 3.05) is 31.7 Å². The monoisotopic (exact) mass is 382 g/mol. The number of fused-ring (bicyclic) bond motifs is 1. The summed E-state index contributed by atoms with van der Waals surface area (Å²) in [5.41, 5.74) is 1.83. The molecule has 3 rings (SSSR count). The van der Waals surface area contributed by atoms with E-state index < -0.39 is 5.66 Å². The van der Waals surface area contributed by atoms with Gasteiger partial charge in [0.25, 0.3) is 5.91 Å². The Morgan fingerprint density at radius 3 is 2.57 bits per heavy atom. The van der Waals surface area contributed by atoms with E-state index in [1.165, 1.54) is 0 Å². The van der Waals surface area contributed by atoms with E-state index in [-0.39, 0.29) is 5.91 Å². The minimum Gasteiger partial charge on any atom is -0.491 e. The molecule has 1 unspecified atom stereocenters. The van der Waals surface area contributed by atoms with E-state index in [2.05, 4.69) is 19.2 Å². The van der Waals surface area contributed by atoms with Gasteiger partial charge in [-0.2, -0.15) is 0 Å². The van der Waals surface area contributed by atoms with Crippen LogP contribution in [0.25, 0.3) is 0 Å². The van der Waals surface area contributed by atoms with Gasteiger partial charge >= 0.3 is 0 Å². The van der Waals surface area contributed by atoms with Crippen molar-refractivity contribution < 1.29 is 14.3 Å². The van der Waals surface area contributed by atoms with Gasteiger partial charge < -0.3 is 19.7 Å². The number of amides is 1.